The molecule has 0 aliphatic heterocycles. The highest BCUT2D eigenvalue weighted by Crippen LogP contribution is 2.31. The lowest BCUT2D eigenvalue weighted by Crippen LogP contribution is -2.50. The van der Waals surface area contributed by atoms with E-state index in [0.29, 0.717) is 6.54 Å². The highest BCUT2D eigenvalue weighted by Gasteiger charge is 2.41. The van der Waals surface area contributed by atoms with Gasteiger partial charge in [0.2, 0.25) is 0 Å². The van der Waals surface area contributed by atoms with Crippen LogP contribution in [0.4, 0.5) is 4.39 Å². The molecule has 1 aliphatic carbocycles. The molecule has 0 spiro atoms. The molecule has 1 unspecified atom stereocenters. The van der Waals surface area contributed by atoms with Crippen LogP contribution in [0.3, 0.4) is 0 Å². The molecule has 1 N–H and O–H groups in total. The molecule has 134 valence electrons. The van der Waals surface area contributed by atoms with Crippen molar-refractivity contribution in [1.29, 1.82) is 0 Å². The topological polar surface area (TPSA) is 69.0 Å². The van der Waals surface area contributed by atoms with E-state index in [9.17, 15) is 9.18 Å². The molecule has 25 heavy (non-hydrogen) atoms. The number of carbonyl (C=O) groups excluding carboxylic acids is 1. The van der Waals surface area contributed by atoms with Crippen molar-refractivity contribution in [1.82, 2.24) is 20.3 Å². The monoisotopic (exact) mass is 346 g/mol. The summed E-state index contributed by atoms with van der Waals surface area (Å²) in [6.45, 7) is 2.43. The average Bonchev–Trinajstić information content (AvgIpc) is 3.29. The molecule has 0 saturated heterocycles. The summed E-state index contributed by atoms with van der Waals surface area (Å²) in [7, 11) is 1.42. The van der Waals surface area contributed by atoms with Crippen LogP contribution in [0.25, 0.3) is 0 Å². The van der Waals surface area contributed by atoms with Crippen LogP contribution in [-0.4, -0.2) is 33.6 Å². The van der Waals surface area contributed by atoms with Gasteiger partial charge in [0.05, 0.1) is 25.0 Å². The number of benzene rings is 1. The van der Waals surface area contributed by atoms with Crippen LogP contribution in [0.1, 0.15) is 49.9 Å². The molecule has 1 aliphatic rings. The largest absolute Gasteiger partial charge is 0.468 e. The van der Waals surface area contributed by atoms with E-state index in [1.54, 1.807) is 16.8 Å². The molecule has 1 aromatic heterocycles. The minimum Gasteiger partial charge on any atom is -0.468 e. The second kappa shape index (κ2) is 7.31. The van der Waals surface area contributed by atoms with E-state index in [0.717, 1.165) is 36.9 Å². The Morgan fingerprint density at radius 2 is 2.04 bits per heavy atom. The fraction of sp³-hybridized carbons (Fsp3) is 0.500. The molecule has 6 nitrogen and oxygen atoms in total. The van der Waals surface area contributed by atoms with Crippen LogP contribution in [0, 0.1) is 5.82 Å². The third-order valence-corrected chi connectivity index (χ3v) is 4.95. The number of nitrogens with zero attached hydrogens (tertiary/aromatic N) is 3. The minimum absolute atomic E-state index is 0.0529. The summed E-state index contributed by atoms with van der Waals surface area (Å²) in [6.07, 6.45) is 5.42. The number of aromatic nitrogens is 3. The van der Waals surface area contributed by atoms with Gasteiger partial charge < -0.3 is 4.74 Å². The van der Waals surface area contributed by atoms with Gasteiger partial charge in [0.1, 0.15) is 11.4 Å². The first-order valence-electron chi connectivity index (χ1n) is 8.54. The van der Waals surface area contributed by atoms with E-state index < -0.39 is 5.54 Å². The third-order valence-electron chi connectivity index (χ3n) is 4.95. The second-order valence-electron chi connectivity index (χ2n) is 6.55. The number of rotatable bonds is 6. The smallest absolute Gasteiger partial charge is 0.326 e. The predicted molar refractivity (Wildman–Crippen MR) is 90.3 cm³/mol. The van der Waals surface area contributed by atoms with Crippen LogP contribution in [0.5, 0.6) is 0 Å². The SMILES string of the molecule is COC(=O)C1(NCc2cn(C(C)c3ccc(F)cc3)nn2)CCCC1. The lowest BCUT2D eigenvalue weighted by molar-refractivity contribution is -0.148. The molecule has 3 rings (SSSR count). The molecular weight excluding hydrogens is 323 g/mol. The number of esters is 1. The van der Waals surface area contributed by atoms with E-state index >= 15 is 0 Å². The Labute approximate surface area is 146 Å². The first-order valence-corrected chi connectivity index (χ1v) is 8.54. The fourth-order valence-corrected chi connectivity index (χ4v) is 3.36. The maximum atomic E-state index is 13.1. The third kappa shape index (κ3) is 3.71. The molecular formula is C18H23FN4O2. The molecule has 1 atom stereocenters. The molecule has 0 bridgehead atoms. The van der Waals surface area contributed by atoms with Crippen LogP contribution in [0.15, 0.2) is 30.5 Å². The molecule has 1 saturated carbocycles. The van der Waals surface area contributed by atoms with Crippen LogP contribution < -0.4 is 5.32 Å². The van der Waals surface area contributed by atoms with Gasteiger partial charge in [-0.2, -0.15) is 0 Å². The zero-order valence-corrected chi connectivity index (χ0v) is 14.5. The number of halogens is 1. The van der Waals surface area contributed by atoms with E-state index in [4.69, 9.17) is 4.74 Å². The van der Waals surface area contributed by atoms with Crippen molar-refractivity contribution in [3.8, 4) is 0 Å². The lowest BCUT2D eigenvalue weighted by Gasteiger charge is -2.26. The lowest BCUT2D eigenvalue weighted by atomic mass is 9.97. The highest BCUT2D eigenvalue weighted by atomic mass is 19.1. The Hall–Kier alpha value is -2.28. The van der Waals surface area contributed by atoms with Crippen LogP contribution in [0.2, 0.25) is 0 Å². The van der Waals surface area contributed by atoms with Crippen molar-refractivity contribution in [3.05, 3.63) is 47.5 Å². The van der Waals surface area contributed by atoms with Crippen molar-refractivity contribution in [2.75, 3.05) is 7.11 Å². The first-order chi connectivity index (χ1) is 12.0. The number of nitrogens with one attached hydrogen (secondary N) is 1. The second-order valence-corrected chi connectivity index (χ2v) is 6.55. The van der Waals surface area contributed by atoms with Gasteiger partial charge in [-0.15, -0.1) is 5.10 Å². The van der Waals surface area contributed by atoms with Gasteiger partial charge in [-0.1, -0.05) is 30.2 Å². The number of methoxy groups -OCH3 is 1. The number of ether oxygens (including phenoxy) is 1. The van der Waals surface area contributed by atoms with Gasteiger partial charge >= 0.3 is 5.97 Å². The van der Waals surface area contributed by atoms with Gasteiger partial charge in [-0.25, -0.2) is 9.07 Å². The van der Waals surface area contributed by atoms with Crippen molar-refractivity contribution in [2.24, 2.45) is 0 Å². The Morgan fingerprint density at radius 1 is 1.36 bits per heavy atom. The van der Waals surface area contributed by atoms with Crippen molar-refractivity contribution >= 4 is 5.97 Å². The van der Waals surface area contributed by atoms with Gasteiger partial charge in [-0.05, 0) is 37.5 Å². The minimum atomic E-state index is -0.610. The standard InChI is InChI=1S/C18H23FN4O2/c1-13(14-5-7-15(19)8-6-14)23-12-16(21-22-23)11-20-18(17(24)25-2)9-3-4-10-18/h5-8,12-13,20H,3-4,9-11H2,1-2H3. The molecule has 0 amide bonds. The normalized spacial score (nSPS) is 17.4. The van der Waals surface area contributed by atoms with Crippen molar-refractivity contribution in [2.45, 2.75) is 50.7 Å². The van der Waals surface area contributed by atoms with Gasteiger partial charge in [0, 0.05) is 6.54 Å². The van der Waals surface area contributed by atoms with Crippen LogP contribution >= 0.6 is 0 Å². The molecule has 1 aromatic carbocycles. The summed E-state index contributed by atoms with van der Waals surface area (Å²) in [6, 6.07) is 6.30. The molecule has 0 radical (unpaired) electrons. The van der Waals surface area contributed by atoms with E-state index in [-0.39, 0.29) is 17.8 Å². The molecule has 2 aromatic rings. The Morgan fingerprint density at radius 3 is 2.68 bits per heavy atom. The van der Waals surface area contributed by atoms with Crippen molar-refractivity contribution in [3.63, 3.8) is 0 Å². The molecule has 1 heterocycles. The average molecular weight is 346 g/mol. The van der Waals surface area contributed by atoms with Gasteiger partial charge in [0.15, 0.2) is 0 Å². The molecule has 7 heteroatoms. The van der Waals surface area contributed by atoms with Crippen molar-refractivity contribution < 1.29 is 13.9 Å². The summed E-state index contributed by atoms with van der Waals surface area (Å²) in [5.41, 5.74) is 1.10. The Kier molecular flexibility index (Phi) is 5.13. The summed E-state index contributed by atoms with van der Waals surface area (Å²) < 4.78 is 19.8. The summed E-state index contributed by atoms with van der Waals surface area (Å²) >= 11 is 0. The zero-order valence-electron chi connectivity index (χ0n) is 14.5. The quantitative estimate of drug-likeness (QED) is 0.814. The Balaban J connectivity index is 1.67. The molecule has 1 fully saturated rings. The maximum absolute atomic E-state index is 13.1. The van der Waals surface area contributed by atoms with Crippen LogP contribution in [-0.2, 0) is 16.1 Å². The zero-order chi connectivity index (χ0) is 17.9. The highest BCUT2D eigenvalue weighted by molar-refractivity contribution is 5.81. The summed E-state index contributed by atoms with van der Waals surface area (Å²) in [5, 5.41) is 11.7. The number of hydrogen-bond donors (Lipinski definition) is 1. The maximum Gasteiger partial charge on any atom is 0.326 e. The predicted octanol–water partition coefficient (Wildman–Crippen LogP) is 2.60. The van der Waals surface area contributed by atoms with Gasteiger partial charge in [-0.3, -0.25) is 10.1 Å². The number of hydrogen-bond acceptors (Lipinski definition) is 5. The summed E-state index contributed by atoms with van der Waals surface area (Å²) in [4.78, 5) is 12.1. The summed E-state index contributed by atoms with van der Waals surface area (Å²) in [5.74, 6) is -0.471. The number of carbonyl (C=O) groups is 1. The first kappa shape index (κ1) is 17.5. The fourth-order valence-electron chi connectivity index (χ4n) is 3.36. The van der Waals surface area contributed by atoms with Gasteiger partial charge in [0.25, 0.3) is 0 Å². The van der Waals surface area contributed by atoms with E-state index in [1.807, 2.05) is 13.1 Å². The Bertz CT molecular complexity index is 723. The van der Waals surface area contributed by atoms with E-state index in [1.165, 1.54) is 19.2 Å². The van der Waals surface area contributed by atoms with E-state index in [2.05, 4.69) is 15.6 Å².